The molecule has 0 unspecified atom stereocenters. The molecule has 7 nitrogen and oxygen atoms in total. The fourth-order valence-corrected chi connectivity index (χ4v) is 3.82. The second kappa shape index (κ2) is 5.73. The van der Waals surface area contributed by atoms with Crippen LogP contribution in [0.2, 0.25) is 0 Å². The van der Waals surface area contributed by atoms with E-state index in [9.17, 15) is 4.79 Å². The number of aryl methyl sites for hydroxylation is 2. The number of nitrogens with two attached hydrogens (primary N) is 1. The van der Waals surface area contributed by atoms with Crippen molar-refractivity contribution < 1.29 is 4.79 Å². The molecule has 4 rings (SSSR count). The number of carbonyl (C=O) groups is 1. The maximum Gasteiger partial charge on any atom is 0.272 e. The first-order chi connectivity index (χ1) is 11.5. The summed E-state index contributed by atoms with van der Waals surface area (Å²) >= 11 is 0. The zero-order valence-corrected chi connectivity index (χ0v) is 14.2. The van der Waals surface area contributed by atoms with Crippen LogP contribution in [0.15, 0.2) is 18.7 Å². The number of amides is 1. The van der Waals surface area contributed by atoms with Gasteiger partial charge >= 0.3 is 0 Å². The fourth-order valence-electron chi connectivity index (χ4n) is 3.82. The van der Waals surface area contributed by atoms with Crippen molar-refractivity contribution in [2.24, 2.45) is 19.8 Å². The van der Waals surface area contributed by atoms with Crippen LogP contribution in [0.1, 0.15) is 52.8 Å². The van der Waals surface area contributed by atoms with Gasteiger partial charge in [0.1, 0.15) is 5.69 Å². The number of nitrogens with zero attached hydrogens (tertiary/aromatic N) is 5. The molecule has 2 aromatic rings. The highest BCUT2D eigenvalue weighted by molar-refractivity contribution is 5.94. The molecular formula is C17H24N6O. The minimum atomic E-state index is -0.0794. The minimum Gasteiger partial charge on any atom is -0.340 e. The highest BCUT2D eigenvalue weighted by Gasteiger charge is 2.38. The number of imidazole rings is 1. The third-order valence-electron chi connectivity index (χ3n) is 5.47. The van der Waals surface area contributed by atoms with E-state index in [-0.39, 0.29) is 17.9 Å². The molecule has 0 bridgehead atoms. The van der Waals surface area contributed by atoms with Crippen molar-refractivity contribution in [3.8, 4) is 0 Å². The van der Waals surface area contributed by atoms with E-state index < -0.39 is 0 Å². The molecule has 0 spiro atoms. The lowest BCUT2D eigenvalue weighted by Crippen LogP contribution is -2.34. The van der Waals surface area contributed by atoms with Gasteiger partial charge in [0.2, 0.25) is 0 Å². The molecular weight excluding hydrogens is 304 g/mol. The molecule has 1 aliphatic carbocycles. The van der Waals surface area contributed by atoms with Crippen LogP contribution in [-0.4, -0.2) is 49.3 Å². The molecule has 2 atom stereocenters. The van der Waals surface area contributed by atoms with Crippen LogP contribution in [0.3, 0.4) is 0 Å². The van der Waals surface area contributed by atoms with Crippen LogP contribution < -0.4 is 5.73 Å². The van der Waals surface area contributed by atoms with Gasteiger partial charge in [0.05, 0.1) is 18.2 Å². The molecule has 2 fully saturated rings. The third kappa shape index (κ3) is 2.43. The normalized spacial score (nSPS) is 24.4. The molecule has 3 heterocycles. The van der Waals surface area contributed by atoms with Crippen LogP contribution in [0.5, 0.6) is 0 Å². The molecule has 128 valence electrons. The summed E-state index contributed by atoms with van der Waals surface area (Å²) in [7, 11) is 3.79. The van der Waals surface area contributed by atoms with Gasteiger partial charge < -0.3 is 15.2 Å². The number of rotatable bonds is 3. The van der Waals surface area contributed by atoms with Crippen molar-refractivity contribution >= 4 is 5.91 Å². The van der Waals surface area contributed by atoms with E-state index in [2.05, 4.69) is 10.1 Å². The Morgan fingerprint density at radius 2 is 2.08 bits per heavy atom. The van der Waals surface area contributed by atoms with Crippen molar-refractivity contribution in [3.05, 3.63) is 35.7 Å². The molecule has 2 aromatic heterocycles. The predicted octanol–water partition coefficient (Wildman–Crippen LogP) is 0.988. The van der Waals surface area contributed by atoms with Gasteiger partial charge in [-0.2, -0.15) is 5.10 Å². The van der Waals surface area contributed by atoms with Crippen LogP contribution in [0, 0.1) is 0 Å². The van der Waals surface area contributed by atoms with Gasteiger partial charge in [-0.3, -0.25) is 9.48 Å². The van der Waals surface area contributed by atoms with Gasteiger partial charge in [-0.05, 0) is 18.8 Å². The summed E-state index contributed by atoms with van der Waals surface area (Å²) in [6.07, 6.45) is 9.18. The monoisotopic (exact) mass is 328 g/mol. The molecule has 1 aliphatic heterocycles. The van der Waals surface area contributed by atoms with Gasteiger partial charge in [0, 0.05) is 50.9 Å². The van der Waals surface area contributed by atoms with E-state index in [0.717, 1.165) is 29.8 Å². The van der Waals surface area contributed by atoms with Crippen LogP contribution in [0.4, 0.5) is 0 Å². The number of hydrogen-bond donors (Lipinski definition) is 1. The third-order valence-corrected chi connectivity index (χ3v) is 5.47. The smallest absolute Gasteiger partial charge is 0.272 e. The molecule has 2 aliphatic rings. The second-order valence-electron chi connectivity index (χ2n) is 7.14. The van der Waals surface area contributed by atoms with Crippen molar-refractivity contribution in [1.82, 2.24) is 24.2 Å². The minimum absolute atomic E-state index is 0.0470. The Balaban J connectivity index is 1.56. The molecule has 1 saturated carbocycles. The van der Waals surface area contributed by atoms with E-state index in [4.69, 9.17) is 5.73 Å². The maximum atomic E-state index is 13.1. The van der Waals surface area contributed by atoms with E-state index in [0.29, 0.717) is 19.0 Å². The first-order valence-electron chi connectivity index (χ1n) is 8.59. The quantitative estimate of drug-likeness (QED) is 0.911. The highest BCUT2D eigenvalue weighted by Crippen LogP contribution is 2.38. The Hall–Kier alpha value is -2.15. The summed E-state index contributed by atoms with van der Waals surface area (Å²) in [4.78, 5) is 19.4. The standard InChI is InChI=1S/C17H24N6O/c1-21-9-15(19-10-21)13-7-23(8-14(13)18)17(24)16-12(6-20-22(16)2)11-4-3-5-11/h6,9-11,13-14H,3-5,7-8,18H2,1-2H3/t13-,14-/m1/s1. The molecule has 2 N–H and O–H groups in total. The number of likely N-dealkylation sites (tertiary alicyclic amines) is 1. The molecule has 1 saturated heterocycles. The first kappa shape index (κ1) is 15.4. The summed E-state index contributed by atoms with van der Waals surface area (Å²) in [6, 6.07) is -0.0794. The van der Waals surface area contributed by atoms with Crippen molar-refractivity contribution in [2.45, 2.75) is 37.1 Å². The van der Waals surface area contributed by atoms with Crippen LogP contribution >= 0.6 is 0 Å². The van der Waals surface area contributed by atoms with Crippen molar-refractivity contribution in [1.29, 1.82) is 0 Å². The van der Waals surface area contributed by atoms with Crippen LogP contribution in [0.25, 0.3) is 0 Å². The van der Waals surface area contributed by atoms with Gasteiger partial charge in [-0.1, -0.05) is 6.42 Å². The highest BCUT2D eigenvalue weighted by atomic mass is 16.2. The van der Waals surface area contributed by atoms with Gasteiger partial charge in [-0.25, -0.2) is 4.98 Å². The lowest BCUT2D eigenvalue weighted by molar-refractivity contribution is 0.0775. The predicted molar refractivity (Wildman–Crippen MR) is 89.6 cm³/mol. The van der Waals surface area contributed by atoms with Crippen molar-refractivity contribution in [3.63, 3.8) is 0 Å². The van der Waals surface area contributed by atoms with E-state index in [1.165, 1.54) is 6.42 Å². The van der Waals surface area contributed by atoms with E-state index >= 15 is 0 Å². The summed E-state index contributed by atoms with van der Waals surface area (Å²) in [5.74, 6) is 0.627. The fraction of sp³-hybridized carbons (Fsp3) is 0.588. The Morgan fingerprint density at radius 3 is 2.71 bits per heavy atom. The zero-order valence-electron chi connectivity index (χ0n) is 14.2. The van der Waals surface area contributed by atoms with Gasteiger partial charge in [-0.15, -0.1) is 0 Å². The largest absolute Gasteiger partial charge is 0.340 e. The molecule has 7 heteroatoms. The topological polar surface area (TPSA) is 82.0 Å². The zero-order chi connectivity index (χ0) is 16.8. The Labute approximate surface area is 141 Å². The molecule has 24 heavy (non-hydrogen) atoms. The second-order valence-corrected chi connectivity index (χ2v) is 7.14. The Kier molecular flexibility index (Phi) is 3.68. The van der Waals surface area contributed by atoms with Gasteiger partial charge in [0.15, 0.2) is 0 Å². The first-order valence-corrected chi connectivity index (χ1v) is 8.59. The SMILES string of the molecule is Cn1cnc([C@@H]2CN(C(=O)c3c(C4CCC4)cnn3C)C[C@H]2N)c1. The molecule has 0 radical (unpaired) electrons. The number of aromatic nitrogens is 4. The van der Waals surface area contributed by atoms with E-state index in [1.807, 2.05) is 36.0 Å². The number of carbonyl (C=O) groups excluding carboxylic acids is 1. The van der Waals surface area contributed by atoms with Crippen molar-refractivity contribution in [2.75, 3.05) is 13.1 Å². The van der Waals surface area contributed by atoms with Crippen LogP contribution in [-0.2, 0) is 14.1 Å². The average Bonchev–Trinajstić information content (AvgIpc) is 3.17. The molecule has 1 amide bonds. The summed E-state index contributed by atoms with van der Waals surface area (Å²) in [5.41, 5.74) is 9.10. The number of hydrogen-bond acceptors (Lipinski definition) is 4. The lowest BCUT2D eigenvalue weighted by atomic mass is 9.80. The summed E-state index contributed by atoms with van der Waals surface area (Å²) in [5, 5.41) is 4.33. The maximum absolute atomic E-state index is 13.1. The molecule has 0 aromatic carbocycles. The Bertz CT molecular complexity index is 759. The lowest BCUT2D eigenvalue weighted by Gasteiger charge is -2.26. The summed E-state index contributed by atoms with van der Waals surface area (Å²) in [6.45, 7) is 1.18. The van der Waals surface area contributed by atoms with E-state index in [1.54, 1.807) is 11.0 Å². The average molecular weight is 328 g/mol. The summed E-state index contributed by atoms with van der Waals surface area (Å²) < 4.78 is 3.64. The van der Waals surface area contributed by atoms with Gasteiger partial charge in [0.25, 0.3) is 5.91 Å². The Morgan fingerprint density at radius 1 is 1.29 bits per heavy atom.